The molecule has 2 rings (SSSR count). The second kappa shape index (κ2) is 6.16. The number of hydrogen-bond acceptors (Lipinski definition) is 2. The van der Waals surface area contributed by atoms with Gasteiger partial charge in [0.15, 0.2) is 5.11 Å². The van der Waals surface area contributed by atoms with Crippen LogP contribution >= 0.6 is 12.2 Å². The molecule has 0 radical (unpaired) electrons. The third kappa shape index (κ3) is 3.96. The number of hydrogen-bond donors (Lipinski definition) is 2. The molecular formula is C14H21N3S. The minimum Gasteiger partial charge on any atom is -0.361 e. The van der Waals surface area contributed by atoms with Gasteiger partial charge in [0.1, 0.15) is 0 Å². The zero-order valence-corrected chi connectivity index (χ0v) is 11.8. The molecule has 0 spiro atoms. The van der Waals surface area contributed by atoms with Crippen molar-refractivity contribution in [3.05, 3.63) is 35.9 Å². The maximum absolute atomic E-state index is 5.28. The van der Waals surface area contributed by atoms with Crippen molar-refractivity contribution in [3.8, 4) is 0 Å². The van der Waals surface area contributed by atoms with Crippen LogP contribution < -0.4 is 10.6 Å². The molecule has 0 bridgehead atoms. The van der Waals surface area contributed by atoms with Gasteiger partial charge in [-0.1, -0.05) is 30.3 Å². The van der Waals surface area contributed by atoms with E-state index in [1.54, 1.807) is 0 Å². The lowest BCUT2D eigenvalue weighted by Crippen LogP contribution is -2.41. The van der Waals surface area contributed by atoms with Crippen LogP contribution in [0.4, 0.5) is 0 Å². The van der Waals surface area contributed by atoms with Crippen molar-refractivity contribution in [2.75, 3.05) is 20.6 Å². The van der Waals surface area contributed by atoms with Crippen LogP contribution in [0.2, 0.25) is 0 Å². The van der Waals surface area contributed by atoms with Gasteiger partial charge in [0, 0.05) is 12.6 Å². The summed E-state index contributed by atoms with van der Waals surface area (Å²) in [6, 6.07) is 11.5. The molecule has 0 amide bonds. The summed E-state index contributed by atoms with van der Waals surface area (Å²) in [7, 11) is 4.19. The van der Waals surface area contributed by atoms with E-state index in [1.807, 2.05) is 6.07 Å². The maximum atomic E-state index is 5.28. The lowest BCUT2D eigenvalue weighted by molar-refractivity contribution is 0.298. The lowest BCUT2D eigenvalue weighted by atomic mass is 10.1. The van der Waals surface area contributed by atoms with Crippen LogP contribution in [0.1, 0.15) is 24.4 Å². The van der Waals surface area contributed by atoms with Crippen LogP contribution in [0.25, 0.3) is 0 Å². The largest absolute Gasteiger partial charge is 0.361 e. The Hall–Kier alpha value is -1.13. The summed E-state index contributed by atoms with van der Waals surface area (Å²) in [6.45, 7) is 0.829. The Kier molecular flexibility index (Phi) is 4.55. The molecule has 1 fully saturated rings. The van der Waals surface area contributed by atoms with Crippen LogP contribution in [-0.2, 0) is 0 Å². The summed E-state index contributed by atoms with van der Waals surface area (Å²) in [5, 5.41) is 7.39. The van der Waals surface area contributed by atoms with Gasteiger partial charge >= 0.3 is 0 Å². The Morgan fingerprint density at radius 2 is 2.00 bits per heavy atom. The molecule has 0 unspecified atom stereocenters. The topological polar surface area (TPSA) is 27.3 Å². The van der Waals surface area contributed by atoms with Crippen molar-refractivity contribution in [2.45, 2.75) is 24.9 Å². The van der Waals surface area contributed by atoms with Gasteiger partial charge in [-0.15, -0.1) is 0 Å². The number of benzene rings is 1. The Morgan fingerprint density at radius 3 is 2.56 bits per heavy atom. The van der Waals surface area contributed by atoms with Crippen LogP contribution in [0, 0.1) is 0 Å². The summed E-state index contributed by atoms with van der Waals surface area (Å²) >= 11 is 5.28. The van der Waals surface area contributed by atoms with Crippen LogP contribution in [0.15, 0.2) is 30.3 Å². The van der Waals surface area contributed by atoms with Crippen LogP contribution in [0.5, 0.6) is 0 Å². The standard InChI is InChI=1S/C14H21N3S/c1-17(2)13(11-6-4-3-5-7-11)10-15-14(18)16-12-8-9-12/h3-7,12-13H,8-10H2,1-2H3,(H2,15,16,18)/t13-/m1/s1. The molecular weight excluding hydrogens is 242 g/mol. The summed E-state index contributed by atoms with van der Waals surface area (Å²) in [6.07, 6.45) is 2.50. The van der Waals surface area contributed by atoms with E-state index in [4.69, 9.17) is 12.2 Å². The summed E-state index contributed by atoms with van der Waals surface area (Å²) < 4.78 is 0. The number of rotatable bonds is 5. The van der Waals surface area contributed by atoms with E-state index in [9.17, 15) is 0 Å². The van der Waals surface area contributed by atoms with Crippen LogP contribution in [0.3, 0.4) is 0 Å². The van der Waals surface area contributed by atoms with Gasteiger partial charge in [0.05, 0.1) is 6.04 Å². The Balaban J connectivity index is 1.88. The third-order valence-corrected chi connectivity index (χ3v) is 3.44. The first kappa shape index (κ1) is 13.3. The Labute approximate surface area is 115 Å². The monoisotopic (exact) mass is 263 g/mol. The Bertz CT molecular complexity index is 387. The van der Waals surface area contributed by atoms with E-state index >= 15 is 0 Å². The first-order valence-electron chi connectivity index (χ1n) is 6.42. The molecule has 1 aliphatic carbocycles. The highest BCUT2D eigenvalue weighted by Gasteiger charge is 2.22. The zero-order chi connectivity index (χ0) is 13.0. The highest BCUT2D eigenvalue weighted by Crippen LogP contribution is 2.19. The van der Waals surface area contributed by atoms with E-state index in [1.165, 1.54) is 18.4 Å². The lowest BCUT2D eigenvalue weighted by Gasteiger charge is -2.25. The van der Waals surface area contributed by atoms with Crippen molar-refractivity contribution in [3.63, 3.8) is 0 Å². The first-order chi connectivity index (χ1) is 8.66. The minimum absolute atomic E-state index is 0.338. The molecule has 0 aliphatic heterocycles. The predicted octanol–water partition coefficient (Wildman–Crippen LogP) is 1.92. The van der Waals surface area contributed by atoms with Crippen molar-refractivity contribution < 1.29 is 0 Å². The first-order valence-corrected chi connectivity index (χ1v) is 6.83. The predicted molar refractivity (Wildman–Crippen MR) is 79.6 cm³/mol. The van der Waals surface area contributed by atoms with E-state index in [0.717, 1.165) is 11.7 Å². The average Bonchev–Trinajstić information content (AvgIpc) is 3.14. The van der Waals surface area contributed by atoms with E-state index < -0.39 is 0 Å². The normalized spacial score (nSPS) is 16.4. The molecule has 98 valence electrons. The highest BCUT2D eigenvalue weighted by molar-refractivity contribution is 7.80. The van der Waals surface area contributed by atoms with Gasteiger partial charge in [0.2, 0.25) is 0 Å². The molecule has 18 heavy (non-hydrogen) atoms. The zero-order valence-electron chi connectivity index (χ0n) is 11.0. The van der Waals surface area contributed by atoms with Crippen molar-refractivity contribution in [2.24, 2.45) is 0 Å². The maximum Gasteiger partial charge on any atom is 0.166 e. The van der Waals surface area contributed by atoms with E-state index in [0.29, 0.717) is 12.1 Å². The molecule has 0 heterocycles. The molecule has 1 aliphatic rings. The smallest absolute Gasteiger partial charge is 0.166 e. The van der Waals surface area contributed by atoms with E-state index in [2.05, 4.69) is 53.9 Å². The molecule has 3 nitrogen and oxygen atoms in total. The number of thiocarbonyl (C=S) groups is 1. The fraction of sp³-hybridized carbons (Fsp3) is 0.500. The van der Waals surface area contributed by atoms with Gasteiger partial charge in [0.25, 0.3) is 0 Å². The minimum atomic E-state index is 0.338. The molecule has 0 aromatic heterocycles. The van der Waals surface area contributed by atoms with Crippen molar-refractivity contribution in [1.82, 2.24) is 15.5 Å². The molecule has 4 heteroatoms. The molecule has 2 N–H and O–H groups in total. The summed E-state index contributed by atoms with van der Waals surface area (Å²) in [5.41, 5.74) is 1.31. The van der Waals surface area contributed by atoms with Gasteiger partial charge < -0.3 is 15.5 Å². The molecule has 1 atom stereocenters. The fourth-order valence-electron chi connectivity index (χ4n) is 1.93. The third-order valence-electron chi connectivity index (χ3n) is 3.18. The second-order valence-electron chi connectivity index (χ2n) is 5.02. The fourth-order valence-corrected chi connectivity index (χ4v) is 2.18. The number of nitrogens with one attached hydrogen (secondary N) is 2. The highest BCUT2D eigenvalue weighted by atomic mass is 32.1. The molecule has 0 saturated heterocycles. The van der Waals surface area contributed by atoms with Gasteiger partial charge in [-0.25, -0.2) is 0 Å². The van der Waals surface area contributed by atoms with Gasteiger partial charge in [-0.2, -0.15) is 0 Å². The average molecular weight is 263 g/mol. The summed E-state index contributed by atoms with van der Waals surface area (Å²) in [5.74, 6) is 0. The second-order valence-corrected chi connectivity index (χ2v) is 5.43. The summed E-state index contributed by atoms with van der Waals surface area (Å²) in [4.78, 5) is 2.21. The molecule has 1 aromatic carbocycles. The number of nitrogens with zero attached hydrogens (tertiary/aromatic N) is 1. The SMILES string of the molecule is CN(C)[C@H](CNC(=S)NC1CC1)c1ccccc1. The molecule has 1 saturated carbocycles. The van der Waals surface area contributed by atoms with Gasteiger partial charge in [-0.3, -0.25) is 0 Å². The van der Waals surface area contributed by atoms with Crippen molar-refractivity contribution in [1.29, 1.82) is 0 Å². The molecule has 1 aromatic rings. The Morgan fingerprint density at radius 1 is 1.33 bits per heavy atom. The number of likely N-dealkylation sites (N-methyl/N-ethyl adjacent to an activating group) is 1. The quantitative estimate of drug-likeness (QED) is 0.794. The van der Waals surface area contributed by atoms with Crippen molar-refractivity contribution >= 4 is 17.3 Å². The van der Waals surface area contributed by atoms with Crippen LogP contribution in [-0.4, -0.2) is 36.7 Å². The van der Waals surface area contributed by atoms with Gasteiger partial charge in [-0.05, 0) is 44.7 Å². The van der Waals surface area contributed by atoms with E-state index in [-0.39, 0.29) is 0 Å².